The second kappa shape index (κ2) is 7.53. The SMILES string of the molecule is COC(=O)C1=C(C)N(c2ccc(C)c(C)c2)/C(=C/c2ccc(Br)cc2)C1=O. The van der Waals surface area contributed by atoms with E-state index in [1.165, 1.54) is 7.11 Å². The zero-order chi connectivity index (χ0) is 19.7. The zero-order valence-corrected chi connectivity index (χ0v) is 17.3. The highest BCUT2D eigenvalue weighted by molar-refractivity contribution is 9.10. The Morgan fingerprint density at radius 2 is 1.70 bits per heavy atom. The lowest BCUT2D eigenvalue weighted by Crippen LogP contribution is -2.18. The van der Waals surface area contributed by atoms with Crippen molar-refractivity contribution in [2.24, 2.45) is 0 Å². The highest BCUT2D eigenvalue weighted by Crippen LogP contribution is 2.36. The van der Waals surface area contributed by atoms with Crippen LogP contribution >= 0.6 is 15.9 Å². The van der Waals surface area contributed by atoms with Crippen LogP contribution in [0.15, 0.2) is 63.9 Å². The number of halogens is 1. The van der Waals surface area contributed by atoms with Crippen molar-refractivity contribution in [2.45, 2.75) is 20.8 Å². The number of hydrogen-bond acceptors (Lipinski definition) is 4. The molecule has 0 radical (unpaired) electrons. The number of methoxy groups -OCH3 is 1. The molecule has 0 atom stereocenters. The molecule has 0 saturated heterocycles. The Bertz CT molecular complexity index is 987. The van der Waals surface area contributed by atoms with Crippen molar-refractivity contribution in [2.75, 3.05) is 12.0 Å². The zero-order valence-electron chi connectivity index (χ0n) is 15.7. The Hall–Kier alpha value is -2.66. The molecule has 2 aromatic rings. The first-order valence-electron chi connectivity index (χ1n) is 8.52. The molecule has 5 heteroatoms. The van der Waals surface area contributed by atoms with Gasteiger partial charge >= 0.3 is 5.97 Å². The van der Waals surface area contributed by atoms with Gasteiger partial charge in [0.2, 0.25) is 5.78 Å². The molecule has 0 N–H and O–H groups in total. The number of aryl methyl sites for hydroxylation is 2. The van der Waals surface area contributed by atoms with E-state index in [0.29, 0.717) is 11.4 Å². The van der Waals surface area contributed by atoms with Crippen molar-refractivity contribution in [3.05, 3.63) is 80.6 Å². The Morgan fingerprint density at radius 1 is 1.04 bits per heavy atom. The molecule has 0 unspecified atom stereocenters. The van der Waals surface area contributed by atoms with Crippen LogP contribution in [0.4, 0.5) is 5.69 Å². The van der Waals surface area contributed by atoms with Crippen molar-refractivity contribution < 1.29 is 14.3 Å². The Labute approximate surface area is 167 Å². The molecule has 0 spiro atoms. The van der Waals surface area contributed by atoms with Crippen LogP contribution in [0.3, 0.4) is 0 Å². The summed E-state index contributed by atoms with van der Waals surface area (Å²) in [7, 11) is 1.28. The van der Waals surface area contributed by atoms with Crippen LogP contribution in [-0.2, 0) is 14.3 Å². The van der Waals surface area contributed by atoms with E-state index in [1.807, 2.05) is 61.2 Å². The van der Waals surface area contributed by atoms with Crippen LogP contribution in [0.1, 0.15) is 23.6 Å². The van der Waals surface area contributed by atoms with E-state index in [0.717, 1.165) is 26.9 Å². The number of Topliss-reactive ketones (excluding diaryl/α,β-unsaturated/α-hetero) is 1. The van der Waals surface area contributed by atoms with Crippen molar-refractivity contribution in [3.8, 4) is 0 Å². The second-order valence-electron chi connectivity index (χ2n) is 6.47. The van der Waals surface area contributed by atoms with Gasteiger partial charge in [0, 0.05) is 15.9 Å². The van der Waals surface area contributed by atoms with E-state index >= 15 is 0 Å². The van der Waals surface area contributed by atoms with E-state index in [4.69, 9.17) is 4.74 Å². The number of nitrogens with zero attached hydrogens (tertiary/aromatic N) is 1. The van der Waals surface area contributed by atoms with Crippen molar-refractivity contribution in [3.63, 3.8) is 0 Å². The van der Waals surface area contributed by atoms with Gasteiger partial charge in [0.05, 0.1) is 12.8 Å². The Kier molecular flexibility index (Phi) is 5.33. The van der Waals surface area contributed by atoms with Crippen molar-refractivity contribution >= 4 is 39.4 Å². The van der Waals surface area contributed by atoms with E-state index in [-0.39, 0.29) is 11.4 Å². The van der Waals surface area contributed by atoms with Gasteiger partial charge in [-0.15, -0.1) is 0 Å². The van der Waals surface area contributed by atoms with E-state index in [1.54, 1.807) is 13.0 Å². The summed E-state index contributed by atoms with van der Waals surface area (Å²) in [6.07, 6.45) is 1.80. The van der Waals surface area contributed by atoms with Crippen LogP contribution in [0, 0.1) is 13.8 Å². The summed E-state index contributed by atoms with van der Waals surface area (Å²) in [6, 6.07) is 13.6. The summed E-state index contributed by atoms with van der Waals surface area (Å²) in [6.45, 7) is 5.83. The first-order valence-corrected chi connectivity index (χ1v) is 9.31. The molecular weight excluding hydrogens is 406 g/mol. The quantitative estimate of drug-likeness (QED) is 0.396. The van der Waals surface area contributed by atoms with Gasteiger partial charge in [-0.3, -0.25) is 4.79 Å². The molecule has 0 amide bonds. The highest BCUT2D eigenvalue weighted by atomic mass is 79.9. The fourth-order valence-electron chi connectivity index (χ4n) is 3.07. The Morgan fingerprint density at radius 3 is 2.30 bits per heavy atom. The monoisotopic (exact) mass is 425 g/mol. The molecule has 0 aromatic heterocycles. The molecular formula is C22H20BrNO3. The number of ether oxygens (including phenoxy) is 1. The third-order valence-corrected chi connectivity index (χ3v) is 5.24. The number of anilines is 1. The number of rotatable bonds is 3. The molecule has 0 fully saturated rings. The third-order valence-electron chi connectivity index (χ3n) is 4.71. The van der Waals surface area contributed by atoms with Crippen LogP contribution in [-0.4, -0.2) is 18.9 Å². The van der Waals surface area contributed by atoms with Gasteiger partial charge in [-0.05, 0) is 67.8 Å². The van der Waals surface area contributed by atoms with Crippen LogP contribution < -0.4 is 4.90 Å². The van der Waals surface area contributed by atoms with Crippen LogP contribution in [0.2, 0.25) is 0 Å². The number of carbonyl (C=O) groups is 2. The lowest BCUT2D eigenvalue weighted by molar-refractivity contribution is -0.137. The minimum absolute atomic E-state index is 0.0686. The average molecular weight is 426 g/mol. The van der Waals surface area contributed by atoms with Gasteiger partial charge in [0.25, 0.3) is 0 Å². The fourth-order valence-corrected chi connectivity index (χ4v) is 3.34. The smallest absolute Gasteiger partial charge is 0.343 e. The largest absolute Gasteiger partial charge is 0.465 e. The molecule has 138 valence electrons. The third kappa shape index (κ3) is 3.60. The van der Waals surface area contributed by atoms with E-state index in [2.05, 4.69) is 15.9 Å². The second-order valence-corrected chi connectivity index (χ2v) is 7.38. The molecule has 1 heterocycles. The maximum atomic E-state index is 13.0. The maximum Gasteiger partial charge on any atom is 0.343 e. The van der Waals surface area contributed by atoms with Crippen molar-refractivity contribution in [1.29, 1.82) is 0 Å². The first-order chi connectivity index (χ1) is 12.8. The standard InChI is InChI=1S/C22H20BrNO3/c1-13-5-10-18(11-14(13)2)24-15(3)20(22(26)27-4)21(25)19(24)12-16-6-8-17(23)9-7-16/h5-12H,1-4H3/b19-12+. The fraction of sp³-hybridized carbons (Fsp3) is 0.182. The lowest BCUT2D eigenvalue weighted by Gasteiger charge is -2.22. The molecule has 1 aliphatic rings. The summed E-state index contributed by atoms with van der Waals surface area (Å²) in [5.74, 6) is -0.953. The highest BCUT2D eigenvalue weighted by Gasteiger charge is 2.38. The molecule has 4 nitrogen and oxygen atoms in total. The minimum Gasteiger partial charge on any atom is -0.465 e. The number of allylic oxidation sites excluding steroid dienone is 2. The van der Waals surface area contributed by atoms with Gasteiger partial charge in [-0.2, -0.15) is 0 Å². The molecule has 27 heavy (non-hydrogen) atoms. The molecule has 0 saturated carbocycles. The summed E-state index contributed by atoms with van der Waals surface area (Å²) in [5, 5.41) is 0. The van der Waals surface area contributed by atoms with E-state index < -0.39 is 5.97 Å². The van der Waals surface area contributed by atoms with Crippen LogP contribution in [0.25, 0.3) is 6.08 Å². The van der Waals surface area contributed by atoms with Gasteiger partial charge in [-0.1, -0.05) is 34.1 Å². The topological polar surface area (TPSA) is 46.6 Å². The van der Waals surface area contributed by atoms with Gasteiger partial charge in [0.15, 0.2) is 0 Å². The Balaban J connectivity index is 2.17. The molecule has 3 rings (SSSR count). The summed E-state index contributed by atoms with van der Waals surface area (Å²) in [5.41, 5.74) is 5.05. The normalized spacial score (nSPS) is 15.7. The predicted octanol–water partition coefficient (Wildman–Crippen LogP) is 4.94. The number of carbonyl (C=O) groups excluding carboxylic acids is 2. The van der Waals surface area contributed by atoms with Gasteiger partial charge in [-0.25, -0.2) is 4.79 Å². The van der Waals surface area contributed by atoms with Gasteiger partial charge < -0.3 is 9.64 Å². The number of esters is 1. The molecule has 2 aromatic carbocycles. The number of hydrogen-bond donors (Lipinski definition) is 0. The summed E-state index contributed by atoms with van der Waals surface area (Å²) < 4.78 is 5.80. The summed E-state index contributed by atoms with van der Waals surface area (Å²) in [4.78, 5) is 27.1. The van der Waals surface area contributed by atoms with Crippen molar-refractivity contribution in [1.82, 2.24) is 0 Å². The summed E-state index contributed by atoms with van der Waals surface area (Å²) >= 11 is 3.41. The van der Waals surface area contributed by atoms with Gasteiger partial charge in [0.1, 0.15) is 5.57 Å². The lowest BCUT2D eigenvalue weighted by atomic mass is 10.1. The molecule has 1 aliphatic heterocycles. The predicted molar refractivity (Wildman–Crippen MR) is 110 cm³/mol. The van der Waals surface area contributed by atoms with E-state index in [9.17, 15) is 9.59 Å². The first kappa shape index (κ1) is 19.1. The number of ketones is 1. The number of benzene rings is 2. The average Bonchev–Trinajstić information content (AvgIpc) is 2.89. The minimum atomic E-state index is -0.620. The molecule has 0 bridgehead atoms. The van der Waals surface area contributed by atoms with Crippen LogP contribution in [0.5, 0.6) is 0 Å². The molecule has 0 aliphatic carbocycles. The maximum absolute atomic E-state index is 13.0.